The molecule has 0 radical (unpaired) electrons. The van der Waals surface area contributed by atoms with E-state index in [1.54, 1.807) is 12.3 Å². The van der Waals surface area contributed by atoms with Gasteiger partial charge in [-0.15, -0.1) is 0 Å². The summed E-state index contributed by atoms with van der Waals surface area (Å²) in [6.07, 6.45) is 5.94. The molecule has 2 heterocycles. The number of benzene rings is 2. The number of anilines is 2. The van der Waals surface area contributed by atoms with Crippen LogP contribution in [0.3, 0.4) is 0 Å². The maximum atomic E-state index is 12.9. The van der Waals surface area contributed by atoms with Crippen molar-refractivity contribution in [3.8, 4) is 11.6 Å². The Kier molecular flexibility index (Phi) is 9.30. The Labute approximate surface area is 265 Å². The quantitative estimate of drug-likeness (QED) is 0.240. The summed E-state index contributed by atoms with van der Waals surface area (Å²) in [5.41, 5.74) is 2.47. The number of halogens is 2. The summed E-state index contributed by atoms with van der Waals surface area (Å²) in [5.74, 6) is 1.01. The second kappa shape index (κ2) is 13.0. The Balaban J connectivity index is 1.34. The van der Waals surface area contributed by atoms with Crippen molar-refractivity contribution in [1.82, 2.24) is 29.1 Å². The van der Waals surface area contributed by atoms with Crippen molar-refractivity contribution in [2.75, 3.05) is 32.3 Å². The number of imidazole rings is 1. The number of rotatable bonds is 11. The Bertz CT molecular complexity index is 1800. The first-order valence-corrected chi connectivity index (χ1v) is 16.2. The van der Waals surface area contributed by atoms with Crippen LogP contribution in [0.2, 0.25) is 10.0 Å². The molecule has 2 N–H and O–H groups in total. The number of ether oxygens (including phenoxy) is 2. The van der Waals surface area contributed by atoms with Crippen LogP contribution in [-0.2, 0) is 23.0 Å². The number of hydrogen-bond donors (Lipinski definition) is 2. The van der Waals surface area contributed by atoms with Gasteiger partial charge in [0.1, 0.15) is 22.7 Å². The predicted molar refractivity (Wildman–Crippen MR) is 168 cm³/mol. The number of nitrogens with zero attached hydrogens (tertiary/aromatic N) is 5. The number of nitrogens with one attached hydrogen (secondary N) is 2. The zero-order valence-electron chi connectivity index (χ0n) is 24.4. The minimum absolute atomic E-state index is 0.0723. The topological polar surface area (TPSA) is 141 Å². The SMILES string of the molecule is COc1cc(C(=O)NCCn2ccnc2C)c(Cl)cc1Nc1ncc(Cl)c(O[C@@H]2Cc3ccccc3[C@H]2N(C)S(C)(=O)=O)n1. The lowest BCUT2D eigenvalue weighted by atomic mass is 10.1. The van der Waals surface area contributed by atoms with Gasteiger partial charge in [-0.05, 0) is 30.2 Å². The molecule has 15 heteroatoms. The number of aryl methyl sites for hydroxylation is 1. The van der Waals surface area contributed by atoms with E-state index in [4.69, 9.17) is 32.7 Å². The highest BCUT2D eigenvalue weighted by Gasteiger charge is 2.40. The van der Waals surface area contributed by atoms with Gasteiger partial charge in [-0.3, -0.25) is 4.79 Å². The minimum atomic E-state index is -3.54. The molecular weight excluding hydrogens is 629 g/mol. The highest BCUT2D eigenvalue weighted by atomic mass is 35.5. The normalized spacial score (nSPS) is 16.1. The number of aromatic nitrogens is 4. The van der Waals surface area contributed by atoms with Crippen molar-refractivity contribution >= 4 is 50.8 Å². The summed E-state index contributed by atoms with van der Waals surface area (Å²) >= 11 is 12.9. The molecule has 232 valence electrons. The number of hydrogen-bond acceptors (Lipinski definition) is 9. The van der Waals surface area contributed by atoms with Gasteiger partial charge in [0.25, 0.3) is 5.91 Å². The Morgan fingerprint density at radius 1 is 1.18 bits per heavy atom. The Hall–Kier alpha value is -3.91. The highest BCUT2D eigenvalue weighted by Crippen LogP contribution is 2.40. The predicted octanol–water partition coefficient (Wildman–Crippen LogP) is 4.41. The molecule has 0 saturated heterocycles. The number of amides is 1. The van der Waals surface area contributed by atoms with Gasteiger partial charge in [0.05, 0.1) is 41.9 Å². The van der Waals surface area contributed by atoms with Gasteiger partial charge < -0.3 is 24.7 Å². The Morgan fingerprint density at radius 2 is 1.95 bits per heavy atom. The van der Waals surface area contributed by atoms with Gasteiger partial charge in [-0.25, -0.2) is 18.4 Å². The average Bonchev–Trinajstić information content (AvgIpc) is 3.56. The van der Waals surface area contributed by atoms with Crippen molar-refractivity contribution in [3.05, 3.63) is 87.5 Å². The lowest BCUT2D eigenvalue weighted by Crippen LogP contribution is -2.38. The van der Waals surface area contributed by atoms with Crippen LogP contribution in [0, 0.1) is 6.92 Å². The second-order valence-electron chi connectivity index (χ2n) is 10.2. The van der Waals surface area contributed by atoms with E-state index >= 15 is 0 Å². The van der Waals surface area contributed by atoms with E-state index in [9.17, 15) is 13.2 Å². The van der Waals surface area contributed by atoms with Crippen LogP contribution >= 0.6 is 23.2 Å². The molecule has 0 aliphatic heterocycles. The van der Waals surface area contributed by atoms with Crippen LogP contribution < -0.4 is 20.1 Å². The number of carbonyl (C=O) groups is 1. The lowest BCUT2D eigenvalue weighted by molar-refractivity contribution is 0.0952. The van der Waals surface area contributed by atoms with E-state index in [0.29, 0.717) is 30.9 Å². The summed E-state index contributed by atoms with van der Waals surface area (Å²) < 4.78 is 39.9. The van der Waals surface area contributed by atoms with Crippen LogP contribution in [0.5, 0.6) is 11.6 Å². The van der Waals surface area contributed by atoms with Crippen molar-refractivity contribution in [2.45, 2.75) is 32.0 Å². The molecule has 1 aliphatic carbocycles. The van der Waals surface area contributed by atoms with Crippen LogP contribution in [0.25, 0.3) is 0 Å². The van der Waals surface area contributed by atoms with Crippen LogP contribution in [0.1, 0.15) is 33.4 Å². The van der Waals surface area contributed by atoms with Crippen LogP contribution in [0.4, 0.5) is 11.6 Å². The van der Waals surface area contributed by atoms with Gasteiger partial charge in [-0.2, -0.15) is 9.29 Å². The maximum absolute atomic E-state index is 12.9. The number of methoxy groups -OCH3 is 1. The van der Waals surface area contributed by atoms with E-state index < -0.39 is 22.2 Å². The molecule has 0 unspecified atom stereocenters. The van der Waals surface area contributed by atoms with Gasteiger partial charge in [0, 0.05) is 39.0 Å². The molecule has 0 fully saturated rings. The maximum Gasteiger partial charge on any atom is 0.252 e. The molecule has 5 rings (SSSR count). The molecule has 0 bridgehead atoms. The van der Waals surface area contributed by atoms with Crippen LogP contribution in [0.15, 0.2) is 55.0 Å². The third-order valence-electron chi connectivity index (χ3n) is 7.38. The molecule has 1 amide bonds. The number of likely N-dealkylation sites (N-methyl/N-ethyl adjacent to an activating group) is 1. The molecular formula is C29H31Cl2N7O5S. The monoisotopic (exact) mass is 659 g/mol. The van der Waals surface area contributed by atoms with Crippen molar-refractivity contribution in [2.24, 2.45) is 0 Å². The van der Waals surface area contributed by atoms with Crippen molar-refractivity contribution in [3.63, 3.8) is 0 Å². The molecule has 1 aliphatic rings. The smallest absolute Gasteiger partial charge is 0.252 e. The molecule has 0 spiro atoms. The summed E-state index contributed by atoms with van der Waals surface area (Å²) in [7, 11) is -0.550. The average molecular weight is 661 g/mol. The van der Waals surface area contributed by atoms with E-state index in [0.717, 1.165) is 23.2 Å². The fourth-order valence-electron chi connectivity index (χ4n) is 5.06. The highest BCUT2D eigenvalue weighted by molar-refractivity contribution is 7.88. The summed E-state index contributed by atoms with van der Waals surface area (Å²) in [6.45, 7) is 2.82. The number of sulfonamides is 1. The van der Waals surface area contributed by atoms with Gasteiger partial charge in [-0.1, -0.05) is 47.5 Å². The van der Waals surface area contributed by atoms with Crippen molar-refractivity contribution < 1.29 is 22.7 Å². The first-order chi connectivity index (χ1) is 21.0. The summed E-state index contributed by atoms with van der Waals surface area (Å²) in [4.78, 5) is 25.8. The van der Waals surface area contributed by atoms with Crippen molar-refractivity contribution in [1.29, 1.82) is 0 Å². The molecule has 2 atom stereocenters. The van der Waals surface area contributed by atoms with E-state index in [2.05, 4.69) is 25.6 Å². The minimum Gasteiger partial charge on any atom is -0.495 e. The number of fused-ring (bicyclic) bond motifs is 1. The summed E-state index contributed by atoms with van der Waals surface area (Å²) in [5, 5.41) is 6.24. The first kappa shape index (κ1) is 31.5. The lowest BCUT2D eigenvalue weighted by Gasteiger charge is -2.28. The third-order valence-corrected chi connectivity index (χ3v) is 9.22. The van der Waals surface area contributed by atoms with E-state index in [1.807, 2.05) is 42.0 Å². The summed E-state index contributed by atoms with van der Waals surface area (Å²) in [6, 6.07) is 10.1. The fraction of sp³-hybridized carbons (Fsp3) is 0.310. The van der Waals surface area contributed by atoms with Gasteiger partial charge in [0.2, 0.25) is 21.9 Å². The molecule has 44 heavy (non-hydrogen) atoms. The Morgan fingerprint density at radius 3 is 2.66 bits per heavy atom. The zero-order chi connectivity index (χ0) is 31.6. The van der Waals surface area contributed by atoms with E-state index in [-0.39, 0.29) is 33.3 Å². The molecule has 0 saturated carbocycles. The van der Waals surface area contributed by atoms with Gasteiger partial charge in [0.15, 0.2) is 0 Å². The molecule has 2 aromatic carbocycles. The molecule has 4 aromatic rings. The molecule has 2 aromatic heterocycles. The zero-order valence-corrected chi connectivity index (χ0v) is 26.7. The van der Waals surface area contributed by atoms with Crippen LogP contribution in [-0.4, -0.2) is 71.2 Å². The third kappa shape index (κ3) is 6.75. The second-order valence-corrected chi connectivity index (χ2v) is 13.1. The molecule has 12 nitrogen and oxygen atoms in total. The largest absolute Gasteiger partial charge is 0.495 e. The standard InChI is InChI=1S/C29H31Cl2N7O5S/c1-17-32-9-11-38(17)12-10-33-27(39)20-14-24(42-3)23(15-21(20)30)35-29-34-16-22(31)28(36-29)43-25-13-18-7-5-6-8-19(18)26(25)37(2)44(4,40)41/h5-9,11,14-16,25-26H,10,12-13H2,1-4H3,(H,33,39)(H,34,35,36)/t25-,26-/m1/s1. The van der Waals surface area contributed by atoms with E-state index in [1.165, 1.54) is 30.7 Å². The number of carbonyl (C=O) groups excluding carboxylic acids is 1. The van der Waals surface area contributed by atoms with Gasteiger partial charge >= 0.3 is 0 Å². The fourth-order valence-corrected chi connectivity index (χ4v) is 6.10. The first-order valence-electron chi connectivity index (χ1n) is 13.6.